The molecule has 0 radical (unpaired) electrons. The lowest BCUT2D eigenvalue weighted by Gasteiger charge is -2.27. The molecule has 0 saturated carbocycles. The Morgan fingerprint density at radius 2 is 1.66 bits per heavy atom. The maximum atomic E-state index is 13.4. The zero-order valence-electron chi connectivity index (χ0n) is 22.2. The van der Waals surface area contributed by atoms with Crippen LogP contribution in [0.15, 0.2) is 35.9 Å². The summed E-state index contributed by atoms with van der Waals surface area (Å²) in [5.74, 6) is 0.246. The first-order valence-corrected chi connectivity index (χ1v) is 12.4. The van der Waals surface area contributed by atoms with E-state index in [0.29, 0.717) is 66.1 Å². The topological polar surface area (TPSA) is 113 Å². The van der Waals surface area contributed by atoms with Gasteiger partial charge < -0.3 is 38.4 Å². The second-order valence-electron chi connectivity index (χ2n) is 9.08. The first-order chi connectivity index (χ1) is 18.3. The van der Waals surface area contributed by atoms with Gasteiger partial charge in [0.2, 0.25) is 5.75 Å². The molecule has 10 heteroatoms. The summed E-state index contributed by atoms with van der Waals surface area (Å²) in [6.07, 6.45) is 0.530. The number of rotatable bonds is 10. The number of carbonyl (C=O) groups is 2. The van der Waals surface area contributed by atoms with Crippen molar-refractivity contribution in [3.63, 3.8) is 0 Å². The summed E-state index contributed by atoms with van der Waals surface area (Å²) >= 11 is 0. The van der Waals surface area contributed by atoms with Crippen molar-refractivity contribution in [3.05, 3.63) is 47.0 Å². The highest BCUT2D eigenvalue weighted by Gasteiger charge is 2.46. The van der Waals surface area contributed by atoms with E-state index in [9.17, 15) is 14.7 Å². The largest absolute Gasteiger partial charge is 0.507 e. The van der Waals surface area contributed by atoms with Crippen molar-refractivity contribution in [2.75, 3.05) is 47.7 Å². The van der Waals surface area contributed by atoms with Crippen molar-refractivity contribution in [2.45, 2.75) is 32.4 Å². The smallest absolute Gasteiger partial charge is 0.295 e. The fraction of sp³-hybridized carbons (Fsp3) is 0.429. The number of likely N-dealkylation sites (tertiary alicyclic amines) is 1. The quantitative estimate of drug-likeness (QED) is 0.214. The maximum Gasteiger partial charge on any atom is 0.295 e. The molecule has 2 aromatic carbocycles. The zero-order chi connectivity index (χ0) is 27.4. The molecule has 1 amide bonds. The minimum Gasteiger partial charge on any atom is -0.507 e. The van der Waals surface area contributed by atoms with Crippen LogP contribution in [-0.2, 0) is 14.3 Å². The van der Waals surface area contributed by atoms with Gasteiger partial charge in [-0.15, -0.1) is 0 Å². The van der Waals surface area contributed by atoms with Gasteiger partial charge in [-0.3, -0.25) is 9.59 Å². The molecule has 0 bridgehead atoms. The fourth-order valence-corrected chi connectivity index (χ4v) is 4.62. The number of nitrogens with zero attached hydrogens (tertiary/aromatic N) is 1. The Morgan fingerprint density at radius 3 is 2.26 bits per heavy atom. The SMILES string of the molecule is COc1cc(C2/C(=C(\O)c3ccc4c(c3)OCCO4)C(=O)C(=O)N2CCCOC(C)C)cc(OC)c1OC. The molecule has 1 fully saturated rings. The summed E-state index contributed by atoms with van der Waals surface area (Å²) in [4.78, 5) is 28.1. The van der Waals surface area contributed by atoms with E-state index >= 15 is 0 Å². The highest BCUT2D eigenvalue weighted by atomic mass is 16.6. The number of amides is 1. The van der Waals surface area contributed by atoms with Crippen LogP contribution in [0.4, 0.5) is 0 Å². The standard InChI is InChI=1S/C28H33NO9/c1-16(2)36-10-6-9-29-24(18-14-21(33-3)27(35-5)22(15-18)34-4)23(26(31)28(29)32)25(30)17-7-8-19-20(13-17)38-12-11-37-19/h7-8,13-16,24,30H,6,9-12H2,1-5H3/b25-23+. The van der Waals surface area contributed by atoms with Gasteiger partial charge in [-0.2, -0.15) is 0 Å². The normalized spacial score (nSPS) is 18.2. The third-order valence-corrected chi connectivity index (χ3v) is 6.35. The Kier molecular flexibility index (Phi) is 8.31. The Hall–Kier alpha value is -3.92. The Bertz CT molecular complexity index is 1210. The Labute approximate surface area is 221 Å². The molecule has 1 N–H and O–H groups in total. The molecule has 0 aliphatic carbocycles. The molecule has 204 valence electrons. The van der Waals surface area contributed by atoms with Gasteiger partial charge in [-0.1, -0.05) is 0 Å². The third kappa shape index (κ3) is 5.22. The summed E-state index contributed by atoms with van der Waals surface area (Å²) in [5, 5.41) is 11.4. The van der Waals surface area contributed by atoms with Crippen molar-refractivity contribution < 1.29 is 43.1 Å². The molecule has 0 aromatic heterocycles. The second-order valence-corrected chi connectivity index (χ2v) is 9.08. The van der Waals surface area contributed by atoms with Crippen molar-refractivity contribution in [1.82, 2.24) is 4.90 Å². The number of carbonyl (C=O) groups excluding carboxylic acids is 2. The number of aliphatic hydroxyl groups is 1. The van der Waals surface area contributed by atoms with Crippen LogP contribution in [0.25, 0.3) is 5.76 Å². The van der Waals surface area contributed by atoms with Gasteiger partial charge in [0.25, 0.3) is 11.7 Å². The Balaban J connectivity index is 1.84. The zero-order valence-corrected chi connectivity index (χ0v) is 22.2. The number of aliphatic hydroxyl groups excluding tert-OH is 1. The first-order valence-electron chi connectivity index (χ1n) is 12.4. The van der Waals surface area contributed by atoms with Gasteiger partial charge in [-0.25, -0.2) is 0 Å². The highest BCUT2D eigenvalue weighted by Crippen LogP contribution is 2.46. The number of ketones is 1. The lowest BCUT2D eigenvalue weighted by Crippen LogP contribution is -2.31. The molecule has 1 unspecified atom stereocenters. The number of ether oxygens (including phenoxy) is 6. The number of Topliss-reactive ketones (excluding diaryl/α,β-unsaturated/α-hetero) is 1. The minimum absolute atomic E-state index is 0.0338. The summed E-state index contributed by atoms with van der Waals surface area (Å²) in [6, 6.07) is 7.33. The number of methoxy groups -OCH3 is 3. The number of fused-ring (bicyclic) bond motifs is 1. The van der Waals surface area contributed by atoms with Crippen LogP contribution in [0.5, 0.6) is 28.7 Å². The molecule has 0 spiro atoms. The van der Waals surface area contributed by atoms with Crippen LogP contribution >= 0.6 is 0 Å². The van der Waals surface area contributed by atoms with Crippen molar-refractivity contribution in [3.8, 4) is 28.7 Å². The van der Waals surface area contributed by atoms with E-state index in [1.165, 1.54) is 26.2 Å². The van der Waals surface area contributed by atoms with Crippen molar-refractivity contribution >= 4 is 17.4 Å². The van der Waals surface area contributed by atoms with E-state index in [1.54, 1.807) is 30.3 Å². The monoisotopic (exact) mass is 527 g/mol. The number of benzene rings is 2. The molecular weight excluding hydrogens is 494 g/mol. The first kappa shape index (κ1) is 27.1. The number of hydrogen-bond acceptors (Lipinski definition) is 9. The average Bonchev–Trinajstić information content (AvgIpc) is 3.18. The molecular formula is C28H33NO9. The summed E-state index contributed by atoms with van der Waals surface area (Å²) in [6.45, 7) is 5.28. The molecule has 1 atom stereocenters. The van der Waals surface area contributed by atoms with Crippen molar-refractivity contribution in [2.24, 2.45) is 0 Å². The number of hydrogen-bond donors (Lipinski definition) is 1. The van der Waals surface area contributed by atoms with Gasteiger partial charge in [-0.05, 0) is 56.2 Å². The van der Waals surface area contributed by atoms with Crippen LogP contribution < -0.4 is 23.7 Å². The van der Waals surface area contributed by atoms with Gasteiger partial charge >= 0.3 is 0 Å². The molecule has 2 aromatic rings. The highest BCUT2D eigenvalue weighted by molar-refractivity contribution is 6.46. The van der Waals surface area contributed by atoms with E-state index < -0.39 is 17.7 Å². The minimum atomic E-state index is -0.907. The molecule has 1 saturated heterocycles. The van der Waals surface area contributed by atoms with E-state index in [4.69, 9.17) is 28.4 Å². The second kappa shape index (κ2) is 11.6. The van der Waals surface area contributed by atoms with Gasteiger partial charge in [0.1, 0.15) is 19.0 Å². The van der Waals surface area contributed by atoms with Crippen molar-refractivity contribution in [1.29, 1.82) is 0 Å². The molecule has 4 rings (SSSR count). The average molecular weight is 528 g/mol. The van der Waals surface area contributed by atoms with Gasteiger partial charge in [0, 0.05) is 18.7 Å². The maximum absolute atomic E-state index is 13.4. The lowest BCUT2D eigenvalue weighted by atomic mass is 9.94. The summed E-state index contributed by atoms with van der Waals surface area (Å²) in [7, 11) is 4.45. The predicted octanol–water partition coefficient (Wildman–Crippen LogP) is 3.72. The van der Waals surface area contributed by atoms with E-state index in [2.05, 4.69) is 0 Å². The molecule has 38 heavy (non-hydrogen) atoms. The van der Waals surface area contributed by atoms with Crippen LogP contribution in [0.3, 0.4) is 0 Å². The predicted molar refractivity (Wildman–Crippen MR) is 138 cm³/mol. The van der Waals surface area contributed by atoms with E-state index in [-0.39, 0.29) is 24.0 Å². The van der Waals surface area contributed by atoms with E-state index in [1.807, 2.05) is 13.8 Å². The molecule has 2 aliphatic rings. The van der Waals surface area contributed by atoms with Crippen LogP contribution in [-0.4, -0.2) is 75.5 Å². The molecule has 2 heterocycles. The lowest BCUT2D eigenvalue weighted by molar-refractivity contribution is -0.140. The van der Waals surface area contributed by atoms with Gasteiger partial charge in [0.05, 0.1) is 39.0 Å². The summed E-state index contributed by atoms with van der Waals surface area (Å²) < 4.78 is 33.3. The van der Waals surface area contributed by atoms with E-state index in [0.717, 1.165) is 0 Å². The van der Waals surface area contributed by atoms with Gasteiger partial charge in [0.15, 0.2) is 23.0 Å². The van der Waals surface area contributed by atoms with Crippen LogP contribution in [0.1, 0.15) is 37.4 Å². The third-order valence-electron chi connectivity index (χ3n) is 6.35. The molecule has 10 nitrogen and oxygen atoms in total. The van der Waals surface area contributed by atoms with Crippen LogP contribution in [0, 0.1) is 0 Å². The van der Waals surface area contributed by atoms with Crippen LogP contribution in [0.2, 0.25) is 0 Å². The summed E-state index contributed by atoms with van der Waals surface area (Å²) in [5.41, 5.74) is 0.793. The Morgan fingerprint density at radius 1 is 1.00 bits per heavy atom. The molecule has 2 aliphatic heterocycles. The fourth-order valence-electron chi connectivity index (χ4n) is 4.62.